The van der Waals surface area contributed by atoms with Gasteiger partial charge in [0.2, 0.25) is 0 Å². The summed E-state index contributed by atoms with van der Waals surface area (Å²) < 4.78 is 5.30. The Bertz CT molecular complexity index is 778. The summed E-state index contributed by atoms with van der Waals surface area (Å²) in [6.45, 7) is 2.05. The van der Waals surface area contributed by atoms with Crippen LogP contribution in [0.15, 0.2) is 47.8 Å². The smallest absolute Gasteiger partial charge is 0.121 e. The lowest BCUT2D eigenvalue weighted by molar-refractivity contribution is 0.412. The van der Waals surface area contributed by atoms with Crippen LogP contribution in [0.2, 0.25) is 0 Å². The maximum atomic E-state index is 5.71. The van der Waals surface area contributed by atoms with Gasteiger partial charge in [-0.2, -0.15) is 0 Å². The first kappa shape index (κ1) is 14.6. The van der Waals surface area contributed by atoms with Crippen molar-refractivity contribution in [1.29, 1.82) is 0 Å². The number of nitrogens with zero attached hydrogens (tertiary/aromatic N) is 1. The summed E-state index contributed by atoms with van der Waals surface area (Å²) >= 11 is 1.69. The number of benzene rings is 2. The highest BCUT2D eigenvalue weighted by molar-refractivity contribution is 7.10. The van der Waals surface area contributed by atoms with E-state index in [1.807, 2.05) is 43.3 Å². The summed E-state index contributed by atoms with van der Waals surface area (Å²) in [5.41, 5.74) is 11.0. The van der Waals surface area contributed by atoms with Crippen LogP contribution in [-0.4, -0.2) is 12.1 Å². The largest absolute Gasteiger partial charge is 0.496 e. The Morgan fingerprint density at radius 2 is 1.91 bits per heavy atom. The average Bonchev–Trinajstić information content (AvgIpc) is 2.98. The van der Waals surface area contributed by atoms with E-state index in [4.69, 9.17) is 15.5 Å². The second-order valence-corrected chi connectivity index (χ2v) is 6.17. The van der Waals surface area contributed by atoms with Gasteiger partial charge in [-0.15, -0.1) is 11.3 Å². The molecule has 0 aliphatic rings. The molecule has 0 aliphatic carbocycles. The van der Waals surface area contributed by atoms with Crippen molar-refractivity contribution in [2.75, 3.05) is 12.8 Å². The molecule has 0 bridgehead atoms. The van der Waals surface area contributed by atoms with Gasteiger partial charge in [0.05, 0.1) is 17.8 Å². The zero-order chi connectivity index (χ0) is 15.5. The normalized spacial score (nSPS) is 10.6. The molecule has 3 aromatic rings. The number of aryl methyl sites for hydroxylation is 1. The van der Waals surface area contributed by atoms with Gasteiger partial charge in [-0.3, -0.25) is 0 Å². The fraction of sp³-hybridized carbons (Fsp3) is 0.167. The predicted molar refractivity (Wildman–Crippen MR) is 92.5 cm³/mol. The van der Waals surface area contributed by atoms with Crippen LogP contribution in [-0.2, 0) is 6.42 Å². The lowest BCUT2D eigenvalue weighted by atomic mass is 10.1. The number of nitrogens with two attached hydrogens (primary N) is 1. The Morgan fingerprint density at radius 1 is 1.14 bits per heavy atom. The number of rotatable bonds is 4. The number of thiazole rings is 1. The minimum Gasteiger partial charge on any atom is -0.496 e. The summed E-state index contributed by atoms with van der Waals surface area (Å²) in [4.78, 5) is 4.74. The van der Waals surface area contributed by atoms with Gasteiger partial charge < -0.3 is 10.5 Å². The van der Waals surface area contributed by atoms with Crippen molar-refractivity contribution >= 4 is 17.0 Å². The van der Waals surface area contributed by atoms with Crippen molar-refractivity contribution < 1.29 is 4.74 Å². The number of hydrogen-bond acceptors (Lipinski definition) is 4. The van der Waals surface area contributed by atoms with E-state index in [2.05, 4.69) is 11.4 Å². The molecule has 22 heavy (non-hydrogen) atoms. The number of ether oxygens (including phenoxy) is 1. The average molecular weight is 310 g/mol. The fourth-order valence-electron chi connectivity index (χ4n) is 2.37. The SMILES string of the molecule is COc1ccc(-c2csc(Cc3ccc(N)cc3)n2)cc1C. The molecular formula is C18H18N2OS. The zero-order valence-corrected chi connectivity index (χ0v) is 13.5. The van der Waals surface area contributed by atoms with Crippen molar-refractivity contribution in [3.63, 3.8) is 0 Å². The van der Waals surface area contributed by atoms with Crippen LogP contribution in [0.3, 0.4) is 0 Å². The van der Waals surface area contributed by atoms with E-state index in [0.29, 0.717) is 0 Å². The molecule has 0 saturated carbocycles. The third-order valence-electron chi connectivity index (χ3n) is 3.58. The van der Waals surface area contributed by atoms with Gasteiger partial charge in [0.1, 0.15) is 5.75 Å². The molecule has 4 heteroatoms. The molecule has 0 radical (unpaired) electrons. The first-order valence-electron chi connectivity index (χ1n) is 7.09. The molecule has 2 aromatic carbocycles. The molecule has 1 aromatic heterocycles. The molecule has 3 nitrogen and oxygen atoms in total. The minimum atomic E-state index is 0.789. The lowest BCUT2D eigenvalue weighted by Gasteiger charge is -2.05. The first-order chi connectivity index (χ1) is 10.7. The van der Waals surface area contributed by atoms with Crippen molar-refractivity contribution in [3.05, 3.63) is 64.0 Å². The summed E-state index contributed by atoms with van der Waals surface area (Å²) in [5.74, 6) is 0.904. The number of anilines is 1. The third kappa shape index (κ3) is 3.12. The predicted octanol–water partition coefficient (Wildman–Crippen LogP) is 4.30. The number of nitrogen functional groups attached to an aromatic ring is 1. The second kappa shape index (κ2) is 6.20. The summed E-state index contributed by atoms with van der Waals surface area (Å²) in [7, 11) is 1.69. The molecule has 0 unspecified atom stereocenters. The molecule has 3 rings (SSSR count). The Hall–Kier alpha value is -2.33. The number of aromatic nitrogens is 1. The maximum Gasteiger partial charge on any atom is 0.121 e. The van der Waals surface area contributed by atoms with Crippen molar-refractivity contribution in [1.82, 2.24) is 4.98 Å². The third-order valence-corrected chi connectivity index (χ3v) is 4.43. The van der Waals surface area contributed by atoms with Gasteiger partial charge in [-0.05, 0) is 48.4 Å². The van der Waals surface area contributed by atoms with Crippen molar-refractivity contribution in [3.8, 4) is 17.0 Å². The van der Waals surface area contributed by atoms with E-state index in [9.17, 15) is 0 Å². The van der Waals surface area contributed by atoms with Crippen LogP contribution in [0.25, 0.3) is 11.3 Å². The van der Waals surface area contributed by atoms with Crippen LogP contribution >= 0.6 is 11.3 Å². The molecular weight excluding hydrogens is 292 g/mol. The summed E-state index contributed by atoms with van der Waals surface area (Å²) in [5, 5.41) is 3.21. The van der Waals surface area contributed by atoms with Gasteiger partial charge in [0, 0.05) is 23.1 Å². The van der Waals surface area contributed by atoms with Gasteiger partial charge in [0.25, 0.3) is 0 Å². The Morgan fingerprint density at radius 3 is 2.59 bits per heavy atom. The van der Waals surface area contributed by atoms with E-state index >= 15 is 0 Å². The van der Waals surface area contributed by atoms with E-state index in [1.54, 1.807) is 18.4 Å². The first-order valence-corrected chi connectivity index (χ1v) is 7.97. The molecule has 0 amide bonds. The molecule has 0 fully saturated rings. The monoisotopic (exact) mass is 310 g/mol. The van der Waals surface area contributed by atoms with Crippen LogP contribution in [0.4, 0.5) is 5.69 Å². The van der Waals surface area contributed by atoms with Gasteiger partial charge in [-0.1, -0.05) is 12.1 Å². The standard InChI is InChI=1S/C18H18N2OS/c1-12-9-14(5-8-17(12)21-2)16-11-22-18(20-16)10-13-3-6-15(19)7-4-13/h3-9,11H,10,19H2,1-2H3. The van der Waals surface area contributed by atoms with Gasteiger partial charge in [0.15, 0.2) is 0 Å². The highest BCUT2D eigenvalue weighted by Gasteiger charge is 2.07. The molecule has 1 heterocycles. The summed E-state index contributed by atoms with van der Waals surface area (Å²) in [6, 6.07) is 14.1. The molecule has 2 N–H and O–H groups in total. The Labute approximate surface area is 134 Å². The molecule has 0 aliphatic heterocycles. The van der Waals surface area contributed by atoms with E-state index in [0.717, 1.165) is 39.7 Å². The van der Waals surface area contributed by atoms with Crippen LogP contribution in [0.5, 0.6) is 5.75 Å². The van der Waals surface area contributed by atoms with Crippen LogP contribution in [0.1, 0.15) is 16.1 Å². The zero-order valence-electron chi connectivity index (χ0n) is 12.7. The number of hydrogen-bond donors (Lipinski definition) is 1. The van der Waals surface area contributed by atoms with E-state index in [1.165, 1.54) is 5.56 Å². The molecule has 0 atom stereocenters. The van der Waals surface area contributed by atoms with Gasteiger partial charge >= 0.3 is 0 Å². The van der Waals surface area contributed by atoms with Crippen LogP contribution in [0, 0.1) is 6.92 Å². The molecule has 112 valence electrons. The maximum absolute atomic E-state index is 5.71. The fourth-order valence-corrected chi connectivity index (χ4v) is 3.21. The quantitative estimate of drug-likeness (QED) is 0.731. The minimum absolute atomic E-state index is 0.789. The van der Waals surface area contributed by atoms with E-state index in [-0.39, 0.29) is 0 Å². The Kier molecular flexibility index (Phi) is 4.11. The molecule has 0 spiro atoms. The van der Waals surface area contributed by atoms with Crippen LogP contribution < -0.4 is 10.5 Å². The summed E-state index contributed by atoms with van der Waals surface area (Å²) in [6.07, 6.45) is 0.833. The highest BCUT2D eigenvalue weighted by Crippen LogP contribution is 2.27. The molecule has 0 saturated heterocycles. The Balaban J connectivity index is 1.81. The van der Waals surface area contributed by atoms with E-state index < -0.39 is 0 Å². The lowest BCUT2D eigenvalue weighted by Crippen LogP contribution is -1.90. The number of methoxy groups -OCH3 is 1. The van der Waals surface area contributed by atoms with Gasteiger partial charge in [-0.25, -0.2) is 4.98 Å². The van der Waals surface area contributed by atoms with Crippen molar-refractivity contribution in [2.45, 2.75) is 13.3 Å². The highest BCUT2D eigenvalue weighted by atomic mass is 32.1. The topological polar surface area (TPSA) is 48.1 Å². The second-order valence-electron chi connectivity index (χ2n) is 5.23. The van der Waals surface area contributed by atoms with Crippen molar-refractivity contribution in [2.24, 2.45) is 0 Å².